The van der Waals surface area contributed by atoms with E-state index in [1.54, 1.807) is 0 Å². The molecule has 0 spiro atoms. The zero-order valence-corrected chi connectivity index (χ0v) is 26.3. The lowest BCUT2D eigenvalue weighted by Gasteiger charge is -2.68. The number of nitrogens with zero attached hydrogens (tertiary/aromatic N) is 3. The van der Waals surface area contributed by atoms with Crippen LogP contribution in [-0.2, 0) is 21.4 Å². The molecule has 220 valence electrons. The van der Waals surface area contributed by atoms with Crippen molar-refractivity contribution < 1.29 is 14.0 Å². The second kappa shape index (κ2) is 8.74. The summed E-state index contributed by atoms with van der Waals surface area (Å²) in [5, 5.41) is 19.0. The van der Waals surface area contributed by atoms with Crippen LogP contribution in [-0.4, -0.2) is 21.8 Å². The number of allylic oxidation sites excluding steroid dienone is 4. The Kier molecular flexibility index (Phi) is 6.09. The molecule has 1 heterocycles. The van der Waals surface area contributed by atoms with E-state index in [-0.39, 0.29) is 56.6 Å². The van der Waals surface area contributed by atoms with Gasteiger partial charge in [0.15, 0.2) is 11.6 Å². The highest BCUT2D eigenvalue weighted by atomic mass is 16.4. The maximum absolute atomic E-state index is 14.7. The standard InChI is InChI=1S/C35H47N3O3/c1-9-10-26-37-38-29(41-26)35-15-13-30(2,3)19-22(35)27-23(39)17-25-32(6)18-21(20-36)28(40)31(4,5)24(32)11-12-33(25,7)34(27,8)14-16-35/h17-18,22,24,27H,9-16,19H2,1-8H3/t22-,24+,27+,32+,33-,34-,35+/m1/s1. The molecule has 0 radical (unpaired) electrons. The summed E-state index contributed by atoms with van der Waals surface area (Å²) in [5.41, 5.74) is -0.390. The second-order valence-corrected chi connectivity index (χ2v) is 16.2. The summed E-state index contributed by atoms with van der Waals surface area (Å²) in [6.07, 6.45) is 12.3. The topological polar surface area (TPSA) is 96.9 Å². The number of ketones is 2. The summed E-state index contributed by atoms with van der Waals surface area (Å²) >= 11 is 0. The van der Waals surface area contributed by atoms with Gasteiger partial charge in [0.1, 0.15) is 6.07 Å². The third-order valence-electron chi connectivity index (χ3n) is 13.2. The Balaban J connectivity index is 1.51. The number of carbonyl (C=O) groups is 2. The molecule has 5 aliphatic rings. The average molecular weight is 558 g/mol. The van der Waals surface area contributed by atoms with Crippen molar-refractivity contribution in [2.75, 3.05) is 0 Å². The molecular weight excluding hydrogens is 510 g/mol. The summed E-state index contributed by atoms with van der Waals surface area (Å²) in [6, 6.07) is 2.21. The van der Waals surface area contributed by atoms with Gasteiger partial charge in [-0.3, -0.25) is 9.59 Å². The summed E-state index contributed by atoms with van der Waals surface area (Å²) in [6.45, 7) is 17.8. The van der Waals surface area contributed by atoms with Crippen molar-refractivity contribution in [3.63, 3.8) is 0 Å². The summed E-state index contributed by atoms with van der Waals surface area (Å²) in [4.78, 5) is 28.0. The number of nitriles is 1. The first-order valence-corrected chi connectivity index (χ1v) is 15.9. The molecule has 0 unspecified atom stereocenters. The molecule has 41 heavy (non-hydrogen) atoms. The Bertz CT molecular complexity index is 1420. The van der Waals surface area contributed by atoms with Crippen molar-refractivity contribution in [1.29, 1.82) is 5.26 Å². The first kappa shape index (κ1) is 28.6. The van der Waals surface area contributed by atoms with Gasteiger partial charge in [0, 0.05) is 23.2 Å². The predicted octanol–water partition coefficient (Wildman–Crippen LogP) is 7.49. The van der Waals surface area contributed by atoms with Gasteiger partial charge < -0.3 is 4.42 Å². The molecule has 0 aliphatic heterocycles. The van der Waals surface area contributed by atoms with Crippen molar-refractivity contribution in [1.82, 2.24) is 10.2 Å². The smallest absolute Gasteiger partial charge is 0.222 e. The zero-order chi connectivity index (χ0) is 29.8. The molecule has 6 heteroatoms. The van der Waals surface area contributed by atoms with Crippen LogP contribution in [0, 0.1) is 56.2 Å². The number of hydrogen-bond acceptors (Lipinski definition) is 6. The second-order valence-electron chi connectivity index (χ2n) is 16.2. The summed E-state index contributed by atoms with van der Waals surface area (Å²) in [5.74, 6) is 1.65. The monoisotopic (exact) mass is 557 g/mol. The van der Waals surface area contributed by atoms with E-state index in [1.165, 1.54) is 0 Å². The van der Waals surface area contributed by atoms with E-state index in [9.17, 15) is 14.9 Å². The fourth-order valence-electron chi connectivity index (χ4n) is 10.8. The number of aryl methyl sites for hydroxylation is 1. The lowest BCUT2D eigenvalue weighted by Crippen LogP contribution is -2.65. The lowest BCUT2D eigenvalue weighted by atomic mass is 9.34. The number of Topliss-reactive ketones (excluding diaryl/α,β-unsaturated/α-hetero) is 1. The molecule has 0 saturated heterocycles. The van der Waals surface area contributed by atoms with Crippen molar-refractivity contribution in [2.24, 2.45) is 44.8 Å². The number of fused-ring (bicyclic) bond motifs is 7. The van der Waals surface area contributed by atoms with Crippen LogP contribution < -0.4 is 0 Å². The van der Waals surface area contributed by atoms with Gasteiger partial charge in [-0.2, -0.15) is 5.26 Å². The highest BCUT2D eigenvalue weighted by molar-refractivity contribution is 6.04. The maximum Gasteiger partial charge on any atom is 0.222 e. The molecule has 3 fully saturated rings. The minimum absolute atomic E-state index is 0.0542. The first-order chi connectivity index (χ1) is 19.1. The molecule has 5 aliphatic carbocycles. The van der Waals surface area contributed by atoms with Crippen molar-refractivity contribution in [3.8, 4) is 6.07 Å². The van der Waals surface area contributed by atoms with Gasteiger partial charge in [-0.15, -0.1) is 10.2 Å². The molecule has 1 aromatic rings. The molecule has 0 bridgehead atoms. The highest BCUT2D eigenvalue weighted by Gasteiger charge is 2.70. The third kappa shape index (κ3) is 3.59. The maximum atomic E-state index is 14.7. The normalized spacial score (nSPS) is 42.6. The Morgan fingerprint density at radius 3 is 2.39 bits per heavy atom. The molecule has 0 amide bonds. The third-order valence-corrected chi connectivity index (χ3v) is 13.2. The van der Waals surface area contributed by atoms with E-state index in [4.69, 9.17) is 4.42 Å². The number of aromatic nitrogens is 2. The van der Waals surface area contributed by atoms with E-state index in [2.05, 4.69) is 57.8 Å². The summed E-state index contributed by atoms with van der Waals surface area (Å²) in [7, 11) is 0. The van der Waals surface area contributed by atoms with Gasteiger partial charge in [-0.05, 0) is 85.5 Å². The number of rotatable bonds is 3. The van der Waals surface area contributed by atoms with Crippen LogP contribution >= 0.6 is 0 Å². The number of hydrogen-bond donors (Lipinski definition) is 0. The van der Waals surface area contributed by atoms with Crippen LogP contribution in [0.2, 0.25) is 0 Å². The van der Waals surface area contributed by atoms with Gasteiger partial charge in [0.25, 0.3) is 0 Å². The van der Waals surface area contributed by atoms with Crippen LogP contribution in [0.3, 0.4) is 0 Å². The minimum atomic E-state index is -0.652. The molecule has 0 N–H and O–H groups in total. The van der Waals surface area contributed by atoms with Crippen LogP contribution in [0.1, 0.15) is 119 Å². The number of carbonyl (C=O) groups excluding carboxylic acids is 2. The van der Waals surface area contributed by atoms with Crippen LogP contribution in [0.25, 0.3) is 0 Å². The van der Waals surface area contributed by atoms with Crippen LogP contribution in [0.4, 0.5) is 0 Å². The van der Waals surface area contributed by atoms with Gasteiger partial charge >= 0.3 is 0 Å². The first-order valence-electron chi connectivity index (χ1n) is 15.9. The SMILES string of the molecule is CCCc1nnc([C@]23CCC(C)(C)C[C@@H]2[C@H]2C(=O)C=C4[C@@]5(C)C=C(C#N)C(=O)C(C)(C)[C@@H]5CC[C@@]4(C)[C@]2(C)CC3)o1. The predicted molar refractivity (Wildman–Crippen MR) is 156 cm³/mol. The fraction of sp³-hybridized carbons (Fsp3) is 0.743. The van der Waals surface area contributed by atoms with Gasteiger partial charge in [0.05, 0.1) is 11.0 Å². The minimum Gasteiger partial charge on any atom is -0.425 e. The van der Waals surface area contributed by atoms with E-state index in [0.29, 0.717) is 5.89 Å². The van der Waals surface area contributed by atoms with Crippen molar-refractivity contribution >= 4 is 11.6 Å². The highest BCUT2D eigenvalue weighted by Crippen LogP contribution is 2.74. The average Bonchev–Trinajstić information content (AvgIpc) is 3.37. The Morgan fingerprint density at radius 1 is 1.00 bits per heavy atom. The summed E-state index contributed by atoms with van der Waals surface area (Å²) < 4.78 is 6.40. The zero-order valence-electron chi connectivity index (χ0n) is 26.3. The van der Waals surface area contributed by atoms with E-state index in [0.717, 1.165) is 69.3 Å². The van der Waals surface area contributed by atoms with Crippen molar-refractivity contribution in [3.05, 3.63) is 35.1 Å². The molecular formula is C35H47N3O3. The Hall–Kier alpha value is -2.55. The molecule has 6 nitrogen and oxygen atoms in total. The Morgan fingerprint density at radius 2 is 1.71 bits per heavy atom. The lowest BCUT2D eigenvalue weighted by molar-refractivity contribution is -0.161. The molecule has 7 atom stereocenters. The largest absolute Gasteiger partial charge is 0.425 e. The fourth-order valence-corrected chi connectivity index (χ4v) is 10.8. The molecule has 3 saturated carbocycles. The molecule has 0 aromatic carbocycles. The Labute approximate surface area is 245 Å². The van der Waals surface area contributed by atoms with Crippen LogP contribution in [0.15, 0.2) is 27.7 Å². The van der Waals surface area contributed by atoms with E-state index < -0.39 is 10.8 Å². The van der Waals surface area contributed by atoms with Crippen molar-refractivity contribution in [2.45, 2.75) is 119 Å². The molecule has 6 rings (SSSR count). The molecule has 1 aromatic heterocycles. The van der Waals surface area contributed by atoms with Crippen LogP contribution in [0.5, 0.6) is 0 Å². The van der Waals surface area contributed by atoms with Gasteiger partial charge in [0.2, 0.25) is 11.8 Å². The van der Waals surface area contributed by atoms with E-state index in [1.807, 2.05) is 26.0 Å². The van der Waals surface area contributed by atoms with Gasteiger partial charge in [-0.25, -0.2) is 0 Å². The van der Waals surface area contributed by atoms with E-state index >= 15 is 0 Å². The van der Waals surface area contributed by atoms with Gasteiger partial charge in [-0.1, -0.05) is 67.0 Å². The quantitative estimate of drug-likeness (QED) is 0.382.